The molecular formula is C9H19NO. The van der Waals surface area contributed by atoms with Crippen molar-refractivity contribution in [2.75, 3.05) is 19.7 Å². The monoisotopic (exact) mass is 157 g/mol. The van der Waals surface area contributed by atoms with Gasteiger partial charge >= 0.3 is 0 Å². The van der Waals surface area contributed by atoms with E-state index < -0.39 is 0 Å². The lowest BCUT2D eigenvalue weighted by atomic mass is 10.4. The summed E-state index contributed by atoms with van der Waals surface area (Å²) in [5, 5.41) is 3.28. The maximum atomic E-state index is 5.36. The lowest BCUT2D eigenvalue weighted by Crippen LogP contribution is -2.27. The Kier molecular flexibility index (Phi) is 7.52. The zero-order chi connectivity index (χ0) is 8.53. The fourth-order valence-corrected chi connectivity index (χ4v) is 0.773. The van der Waals surface area contributed by atoms with Gasteiger partial charge in [-0.1, -0.05) is 13.0 Å². The van der Waals surface area contributed by atoms with Gasteiger partial charge in [0, 0.05) is 6.54 Å². The molecule has 0 saturated carbocycles. The Bertz CT molecular complexity index is 93.6. The summed E-state index contributed by atoms with van der Waals surface area (Å²) in [4.78, 5) is 0. The van der Waals surface area contributed by atoms with Crippen LogP contribution < -0.4 is 5.32 Å². The van der Waals surface area contributed by atoms with Crippen molar-refractivity contribution in [1.82, 2.24) is 5.32 Å². The minimum Gasteiger partial charge on any atom is -0.373 e. The highest BCUT2D eigenvalue weighted by atomic mass is 16.5. The molecule has 2 nitrogen and oxygen atoms in total. The van der Waals surface area contributed by atoms with E-state index in [2.05, 4.69) is 25.7 Å². The molecule has 0 fully saturated rings. The molecule has 0 aromatic carbocycles. The van der Waals surface area contributed by atoms with Gasteiger partial charge in [0.1, 0.15) is 0 Å². The van der Waals surface area contributed by atoms with Gasteiger partial charge in [0.2, 0.25) is 0 Å². The third-order valence-corrected chi connectivity index (χ3v) is 1.36. The third kappa shape index (κ3) is 7.56. The van der Waals surface area contributed by atoms with Crippen molar-refractivity contribution in [1.29, 1.82) is 0 Å². The number of hydrogen-bond acceptors (Lipinski definition) is 2. The largest absolute Gasteiger partial charge is 0.373 e. The van der Waals surface area contributed by atoms with Crippen LogP contribution in [0.5, 0.6) is 0 Å². The first kappa shape index (κ1) is 10.7. The molecular weight excluding hydrogens is 138 g/mol. The van der Waals surface area contributed by atoms with Gasteiger partial charge in [-0.25, -0.2) is 0 Å². The van der Waals surface area contributed by atoms with E-state index in [-0.39, 0.29) is 0 Å². The van der Waals surface area contributed by atoms with Gasteiger partial charge in [0.05, 0.1) is 12.7 Å². The van der Waals surface area contributed by atoms with Crippen LogP contribution in [0.3, 0.4) is 0 Å². The summed E-state index contributed by atoms with van der Waals surface area (Å²) in [6.07, 6.45) is 3.24. The van der Waals surface area contributed by atoms with Crippen LogP contribution in [0.25, 0.3) is 0 Å². The molecule has 0 saturated heterocycles. The second-order valence-corrected chi connectivity index (χ2v) is 2.64. The fraction of sp³-hybridized carbons (Fsp3) is 0.778. The maximum absolute atomic E-state index is 5.36. The minimum absolute atomic E-state index is 0.291. The summed E-state index contributed by atoms with van der Waals surface area (Å²) in [6, 6.07) is 0. The SMILES string of the molecule is C=CCOC(C)CNCCC. The standard InChI is InChI=1S/C9H19NO/c1-4-6-10-8-9(3)11-7-5-2/h5,9-10H,2,4,6-8H2,1,3H3. The smallest absolute Gasteiger partial charge is 0.0675 e. The molecule has 0 spiro atoms. The highest BCUT2D eigenvalue weighted by molar-refractivity contribution is 4.66. The minimum atomic E-state index is 0.291. The molecule has 0 aromatic heterocycles. The third-order valence-electron chi connectivity index (χ3n) is 1.36. The summed E-state index contributed by atoms with van der Waals surface area (Å²) >= 11 is 0. The lowest BCUT2D eigenvalue weighted by molar-refractivity contribution is 0.0881. The molecule has 11 heavy (non-hydrogen) atoms. The van der Waals surface area contributed by atoms with Gasteiger partial charge in [0.25, 0.3) is 0 Å². The van der Waals surface area contributed by atoms with Crippen molar-refractivity contribution in [3.8, 4) is 0 Å². The van der Waals surface area contributed by atoms with Crippen LogP contribution in [0.15, 0.2) is 12.7 Å². The number of nitrogens with one attached hydrogen (secondary N) is 1. The number of hydrogen-bond donors (Lipinski definition) is 1. The summed E-state index contributed by atoms with van der Waals surface area (Å²) in [6.45, 7) is 10.5. The van der Waals surface area contributed by atoms with Gasteiger partial charge in [-0.2, -0.15) is 0 Å². The first-order valence-corrected chi connectivity index (χ1v) is 4.24. The fourth-order valence-electron chi connectivity index (χ4n) is 0.773. The summed E-state index contributed by atoms with van der Waals surface area (Å²) in [5.41, 5.74) is 0. The molecule has 0 aliphatic heterocycles. The molecule has 66 valence electrons. The topological polar surface area (TPSA) is 21.3 Å². The Morgan fingerprint density at radius 2 is 2.36 bits per heavy atom. The molecule has 0 rings (SSSR count). The molecule has 0 heterocycles. The van der Waals surface area contributed by atoms with Crippen molar-refractivity contribution in [2.45, 2.75) is 26.4 Å². The van der Waals surface area contributed by atoms with Crippen LogP contribution in [0.2, 0.25) is 0 Å². The Morgan fingerprint density at radius 1 is 1.64 bits per heavy atom. The van der Waals surface area contributed by atoms with Gasteiger partial charge in [0.15, 0.2) is 0 Å². The van der Waals surface area contributed by atoms with E-state index in [4.69, 9.17) is 4.74 Å². The van der Waals surface area contributed by atoms with Crippen molar-refractivity contribution in [3.63, 3.8) is 0 Å². The van der Waals surface area contributed by atoms with Crippen molar-refractivity contribution < 1.29 is 4.74 Å². The second kappa shape index (κ2) is 7.76. The zero-order valence-electron chi connectivity index (χ0n) is 7.60. The van der Waals surface area contributed by atoms with Crippen LogP contribution in [-0.4, -0.2) is 25.8 Å². The molecule has 0 aliphatic carbocycles. The molecule has 0 aromatic rings. The Hall–Kier alpha value is -0.340. The first-order valence-electron chi connectivity index (χ1n) is 4.24. The molecule has 0 bridgehead atoms. The predicted octanol–water partition coefficient (Wildman–Crippen LogP) is 1.58. The van der Waals surface area contributed by atoms with Crippen LogP contribution >= 0.6 is 0 Å². The van der Waals surface area contributed by atoms with E-state index in [1.807, 2.05) is 0 Å². The Morgan fingerprint density at radius 3 is 2.91 bits per heavy atom. The van der Waals surface area contributed by atoms with Crippen LogP contribution in [-0.2, 0) is 4.74 Å². The summed E-state index contributed by atoms with van der Waals surface area (Å²) in [7, 11) is 0. The van der Waals surface area contributed by atoms with E-state index >= 15 is 0 Å². The van der Waals surface area contributed by atoms with Gasteiger partial charge < -0.3 is 10.1 Å². The summed E-state index contributed by atoms with van der Waals surface area (Å²) in [5.74, 6) is 0. The highest BCUT2D eigenvalue weighted by Crippen LogP contribution is 1.87. The second-order valence-electron chi connectivity index (χ2n) is 2.64. The zero-order valence-corrected chi connectivity index (χ0v) is 7.60. The van der Waals surface area contributed by atoms with E-state index in [1.165, 1.54) is 6.42 Å². The molecule has 0 aliphatic rings. The Labute approximate surface area is 69.6 Å². The van der Waals surface area contributed by atoms with E-state index in [1.54, 1.807) is 6.08 Å². The Balaban J connectivity index is 3.08. The van der Waals surface area contributed by atoms with Crippen molar-refractivity contribution in [3.05, 3.63) is 12.7 Å². The molecule has 1 unspecified atom stereocenters. The average molecular weight is 157 g/mol. The highest BCUT2D eigenvalue weighted by Gasteiger charge is 1.97. The molecule has 1 atom stereocenters. The lowest BCUT2D eigenvalue weighted by Gasteiger charge is -2.11. The predicted molar refractivity (Wildman–Crippen MR) is 48.8 cm³/mol. The van der Waals surface area contributed by atoms with E-state index in [0.29, 0.717) is 12.7 Å². The quantitative estimate of drug-likeness (QED) is 0.447. The maximum Gasteiger partial charge on any atom is 0.0675 e. The van der Waals surface area contributed by atoms with E-state index in [0.717, 1.165) is 13.1 Å². The first-order chi connectivity index (χ1) is 5.31. The van der Waals surface area contributed by atoms with Gasteiger partial charge in [-0.15, -0.1) is 6.58 Å². The van der Waals surface area contributed by atoms with Gasteiger partial charge in [-0.05, 0) is 19.9 Å². The van der Waals surface area contributed by atoms with E-state index in [9.17, 15) is 0 Å². The van der Waals surface area contributed by atoms with Crippen LogP contribution in [0.1, 0.15) is 20.3 Å². The average Bonchev–Trinajstić information content (AvgIpc) is 2.01. The van der Waals surface area contributed by atoms with Crippen LogP contribution in [0.4, 0.5) is 0 Å². The number of rotatable bonds is 7. The van der Waals surface area contributed by atoms with Crippen molar-refractivity contribution >= 4 is 0 Å². The normalized spacial score (nSPS) is 12.9. The van der Waals surface area contributed by atoms with Crippen molar-refractivity contribution in [2.24, 2.45) is 0 Å². The summed E-state index contributed by atoms with van der Waals surface area (Å²) < 4.78 is 5.36. The molecule has 2 heteroatoms. The molecule has 1 N–H and O–H groups in total. The van der Waals surface area contributed by atoms with Gasteiger partial charge in [-0.3, -0.25) is 0 Å². The molecule has 0 amide bonds. The molecule has 0 radical (unpaired) electrons. The number of ether oxygens (including phenoxy) is 1. The van der Waals surface area contributed by atoms with Crippen LogP contribution in [0, 0.1) is 0 Å².